The van der Waals surface area contributed by atoms with Crippen molar-refractivity contribution in [3.8, 4) is 0 Å². The van der Waals surface area contributed by atoms with Gasteiger partial charge in [0.2, 0.25) is 0 Å². The summed E-state index contributed by atoms with van der Waals surface area (Å²) in [4.78, 5) is 26.4. The monoisotopic (exact) mass is 377 g/mol. The topological polar surface area (TPSA) is 55.8 Å². The first kappa shape index (κ1) is 20.6. The number of rotatable bonds is 5. The molecule has 26 heavy (non-hydrogen) atoms. The van der Waals surface area contributed by atoms with E-state index in [1.54, 1.807) is 4.90 Å². The highest BCUT2D eigenvalue weighted by molar-refractivity contribution is 6.74. The van der Waals surface area contributed by atoms with Gasteiger partial charge < -0.3 is 14.1 Å². The number of benzene rings is 1. The van der Waals surface area contributed by atoms with Crippen LogP contribution >= 0.6 is 0 Å². The van der Waals surface area contributed by atoms with Crippen LogP contribution in [-0.2, 0) is 9.16 Å². The molecule has 1 amide bonds. The summed E-state index contributed by atoms with van der Waals surface area (Å²) in [7, 11) is -0.566. The summed E-state index contributed by atoms with van der Waals surface area (Å²) in [6.45, 7) is 11.5. The Morgan fingerprint density at radius 2 is 1.81 bits per heavy atom. The fourth-order valence-corrected chi connectivity index (χ4v) is 4.40. The molecule has 1 heterocycles. The average molecular weight is 378 g/mol. The van der Waals surface area contributed by atoms with Gasteiger partial charge >= 0.3 is 6.09 Å². The zero-order valence-electron chi connectivity index (χ0n) is 16.7. The van der Waals surface area contributed by atoms with E-state index in [9.17, 15) is 9.59 Å². The van der Waals surface area contributed by atoms with E-state index < -0.39 is 14.4 Å². The normalized spacial score (nSPS) is 20.9. The minimum atomic E-state index is -1.94. The lowest BCUT2D eigenvalue weighted by molar-refractivity contribution is 0.0911. The summed E-state index contributed by atoms with van der Waals surface area (Å²) in [5.74, 6) is 0.0393. The molecule has 2 atom stereocenters. The van der Waals surface area contributed by atoms with E-state index in [1.165, 1.54) is 7.11 Å². The highest BCUT2D eigenvalue weighted by Gasteiger charge is 2.44. The second-order valence-electron chi connectivity index (χ2n) is 8.51. The second-order valence-corrected chi connectivity index (χ2v) is 13.3. The van der Waals surface area contributed by atoms with Crippen molar-refractivity contribution >= 4 is 20.2 Å². The Morgan fingerprint density at radius 1 is 1.19 bits per heavy atom. The summed E-state index contributed by atoms with van der Waals surface area (Å²) in [5.41, 5.74) is 0.672. The zero-order valence-corrected chi connectivity index (χ0v) is 17.7. The Bertz CT molecular complexity index is 639. The molecule has 0 unspecified atom stereocenters. The van der Waals surface area contributed by atoms with Crippen molar-refractivity contribution in [1.29, 1.82) is 0 Å². The molecule has 1 saturated heterocycles. The molecule has 0 aliphatic carbocycles. The SMILES string of the molecule is COC(=O)N1C[C@H](O[Si](C)(C)C(C)(C)C)C[C@@H]1CC(=O)c1ccccc1. The lowest BCUT2D eigenvalue weighted by Crippen LogP contribution is -2.44. The number of amides is 1. The quantitative estimate of drug-likeness (QED) is 0.560. The van der Waals surface area contributed by atoms with Gasteiger partial charge in [-0.1, -0.05) is 51.1 Å². The second kappa shape index (κ2) is 7.92. The first-order chi connectivity index (χ1) is 12.0. The Hall–Kier alpha value is -1.66. The molecular weight excluding hydrogens is 346 g/mol. The van der Waals surface area contributed by atoms with Crippen molar-refractivity contribution in [1.82, 2.24) is 4.90 Å². The van der Waals surface area contributed by atoms with Crippen LogP contribution < -0.4 is 0 Å². The highest BCUT2D eigenvalue weighted by atomic mass is 28.4. The third kappa shape index (κ3) is 4.74. The van der Waals surface area contributed by atoms with Crippen molar-refractivity contribution in [3.05, 3.63) is 35.9 Å². The number of hydrogen-bond donors (Lipinski definition) is 0. The summed E-state index contributed by atoms with van der Waals surface area (Å²) in [5, 5.41) is 0.0983. The van der Waals surface area contributed by atoms with Crippen molar-refractivity contribution in [2.75, 3.05) is 13.7 Å². The van der Waals surface area contributed by atoms with E-state index in [-0.39, 0.29) is 29.4 Å². The third-order valence-electron chi connectivity index (χ3n) is 5.57. The zero-order chi connectivity index (χ0) is 19.5. The average Bonchev–Trinajstić information content (AvgIpc) is 2.95. The van der Waals surface area contributed by atoms with Gasteiger partial charge in [0.15, 0.2) is 14.1 Å². The van der Waals surface area contributed by atoms with Gasteiger partial charge in [-0.05, 0) is 24.6 Å². The molecule has 144 valence electrons. The number of carbonyl (C=O) groups is 2. The number of ketones is 1. The summed E-state index contributed by atoms with van der Waals surface area (Å²) in [6.07, 6.45) is 0.511. The molecule has 0 N–H and O–H groups in total. The molecule has 0 spiro atoms. The molecule has 0 saturated carbocycles. The van der Waals surface area contributed by atoms with E-state index in [2.05, 4.69) is 33.9 Å². The van der Waals surface area contributed by atoms with Crippen LogP contribution in [0.2, 0.25) is 18.1 Å². The maximum absolute atomic E-state index is 12.6. The van der Waals surface area contributed by atoms with Gasteiger partial charge in [-0.2, -0.15) is 0 Å². The van der Waals surface area contributed by atoms with Crippen LogP contribution in [0.25, 0.3) is 0 Å². The van der Waals surface area contributed by atoms with E-state index in [4.69, 9.17) is 9.16 Å². The third-order valence-corrected chi connectivity index (χ3v) is 10.1. The van der Waals surface area contributed by atoms with Gasteiger partial charge in [-0.25, -0.2) is 4.79 Å². The molecule has 0 radical (unpaired) electrons. The molecule has 2 rings (SSSR count). The number of likely N-dealkylation sites (tertiary alicyclic amines) is 1. The highest BCUT2D eigenvalue weighted by Crippen LogP contribution is 2.39. The smallest absolute Gasteiger partial charge is 0.409 e. The number of nitrogens with zero attached hydrogens (tertiary/aromatic N) is 1. The molecule has 1 aromatic rings. The number of hydrogen-bond acceptors (Lipinski definition) is 4. The number of ether oxygens (including phenoxy) is 1. The van der Waals surface area contributed by atoms with Gasteiger partial charge in [0.1, 0.15) is 0 Å². The van der Waals surface area contributed by atoms with Gasteiger partial charge in [0, 0.05) is 24.6 Å². The Labute approximate surface area is 157 Å². The first-order valence-corrected chi connectivity index (χ1v) is 12.1. The van der Waals surface area contributed by atoms with Crippen LogP contribution in [0.4, 0.5) is 4.79 Å². The summed E-state index contributed by atoms with van der Waals surface area (Å²) >= 11 is 0. The van der Waals surface area contributed by atoms with Crippen LogP contribution in [0, 0.1) is 0 Å². The standard InChI is InChI=1S/C20H31NO4Si/c1-20(2,3)26(5,6)25-17-12-16(21(14-17)19(23)24-4)13-18(22)15-10-8-7-9-11-15/h7-11,16-17H,12-14H2,1-6H3/t16-,17-/m1/s1. The molecule has 1 aromatic carbocycles. The Kier molecular flexibility index (Phi) is 6.29. The number of carbonyl (C=O) groups excluding carboxylic acids is 2. The van der Waals surface area contributed by atoms with E-state index in [1.807, 2.05) is 30.3 Å². The molecule has 5 nitrogen and oxygen atoms in total. The predicted molar refractivity (Wildman–Crippen MR) is 105 cm³/mol. The fraction of sp³-hybridized carbons (Fsp3) is 0.600. The lowest BCUT2D eigenvalue weighted by atomic mass is 10.0. The molecule has 1 fully saturated rings. The lowest BCUT2D eigenvalue weighted by Gasteiger charge is -2.38. The van der Waals surface area contributed by atoms with Gasteiger partial charge in [-0.15, -0.1) is 0 Å². The van der Waals surface area contributed by atoms with E-state index in [0.29, 0.717) is 18.5 Å². The summed E-state index contributed by atoms with van der Waals surface area (Å²) in [6, 6.07) is 9.01. The maximum atomic E-state index is 12.6. The van der Waals surface area contributed by atoms with Crippen molar-refractivity contribution in [3.63, 3.8) is 0 Å². The van der Waals surface area contributed by atoms with Crippen molar-refractivity contribution in [2.24, 2.45) is 0 Å². The van der Waals surface area contributed by atoms with Crippen LogP contribution in [0.15, 0.2) is 30.3 Å². The molecule has 0 aromatic heterocycles. The van der Waals surface area contributed by atoms with Crippen LogP contribution in [-0.4, -0.2) is 50.9 Å². The van der Waals surface area contributed by atoms with E-state index in [0.717, 1.165) is 0 Å². The molecule has 6 heteroatoms. The molecule has 1 aliphatic rings. The van der Waals surface area contributed by atoms with Gasteiger partial charge in [0.25, 0.3) is 0 Å². The van der Waals surface area contributed by atoms with Crippen LogP contribution in [0.1, 0.15) is 44.0 Å². The number of methoxy groups -OCH3 is 1. The van der Waals surface area contributed by atoms with Crippen molar-refractivity contribution < 1.29 is 18.8 Å². The minimum Gasteiger partial charge on any atom is -0.453 e. The predicted octanol–water partition coefficient (Wildman–Crippen LogP) is 4.49. The summed E-state index contributed by atoms with van der Waals surface area (Å²) < 4.78 is 11.4. The Morgan fingerprint density at radius 3 is 2.35 bits per heavy atom. The molecule has 1 aliphatic heterocycles. The fourth-order valence-electron chi connectivity index (χ4n) is 3.04. The van der Waals surface area contributed by atoms with Crippen LogP contribution in [0.3, 0.4) is 0 Å². The number of Topliss-reactive ketones (excluding diaryl/α,β-unsaturated/α-hetero) is 1. The van der Waals surface area contributed by atoms with E-state index >= 15 is 0 Å². The Balaban J connectivity index is 2.11. The minimum absolute atomic E-state index is 0.0393. The van der Waals surface area contributed by atoms with Crippen molar-refractivity contribution in [2.45, 2.75) is 63.9 Å². The van der Waals surface area contributed by atoms with Crippen LogP contribution in [0.5, 0.6) is 0 Å². The van der Waals surface area contributed by atoms with Gasteiger partial charge in [-0.3, -0.25) is 4.79 Å². The largest absolute Gasteiger partial charge is 0.453 e. The van der Waals surface area contributed by atoms with Gasteiger partial charge in [0.05, 0.1) is 13.2 Å². The maximum Gasteiger partial charge on any atom is 0.409 e. The molecular formula is C20H31NO4Si. The first-order valence-electron chi connectivity index (χ1n) is 9.16. The molecule has 0 bridgehead atoms.